The van der Waals surface area contributed by atoms with Gasteiger partial charge in [0.05, 0.1) is 11.3 Å². The SMILES string of the molecule is CCCN(CC(C)(C)CN)c1cc(Br)ccc1C(N)=O. The second-order valence-corrected chi connectivity index (χ2v) is 6.73. The van der Waals surface area contributed by atoms with Crippen LogP contribution in [0.25, 0.3) is 0 Å². The van der Waals surface area contributed by atoms with Crippen molar-refractivity contribution in [3.05, 3.63) is 28.2 Å². The summed E-state index contributed by atoms with van der Waals surface area (Å²) in [6.45, 7) is 8.60. The van der Waals surface area contributed by atoms with E-state index >= 15 is 0 Å². The molecule has 1 rings (SSSR count). The largest absolute Gasteiger partial charge is 0.370 e. The molecule has 0 aliphatic rings. The lowest BCUT2D eigenvalue weighted by molar-refractivity contribution is 0.100. The first kappa shape index (κ1) is 17.0. The third kappa shape index (κ3) is 4.49. The van der Waals surface area contributed by atoms with Crippen LogP contribution in [0.15, 0.2) is 22.7 Å². The van der Waals surface area contributed by atoms with Gasteiger partial charge in [0.15, 0.2) is 0 Å². The Morgan fingerprint density at radius 1 is 1.40 bits per heavy atom. The molecule has 0 saturated heterocycles. The molecule has 0 heterocycles. The number of hydrogen-bond acceptors (Lipinski definition) is 3. The van der Waals surface area contributed by atoms with Crippen LogP contribution >= 0.6 is 15.9 Å². The Morgan fingerprint density at radius 2 is 2.05 bits per heavy atom. The van der Waals surface area contributed by atoms with E-state index in [0.717, 1.165) is 29.7 Å². The number of rotatable bonds is 7. The molecule has 20 heavy (non-hydrogen) atoms. The van der Waals surface area contributed by atoms with E-state index in [0.29, 0.717) is 12.1 Å². The molecule has 0 radical (unpaired) electrons. The molecule has 4 nitrogen and oxygen atoms in total. The zero-order valence-corrected chi connectivity index (χ0v) is 14.0. The molecule has 0 unspecified atom stereocenters. The Labute approximate surface area is 129 Å². The maximum absolute atomic E-state index is 11.6. The molecule has 5 heteroatoms. The van der Waals surface area contributed by atoms with Crippen LogP contribution in [0, 0.1) is 5.41 Å². The smallest absolute Gasteiger partial charge is 0.250 e. The molecule has 0 aromatic heterocycles. The van der Waals surface area contributed by atoms with Crippen LogP contribution in [0.3, 0.4) is 0 Å². The number of halogens is 1. The van der Waals surface area contributed by atoms with Gasteiger partial charge in [-0.1, -0.05) is 36.7 Å². The quantitative estimate of drug-likeness (QED) is 0.800. The Hall–Kier alpha value is -1.07. The Balaban J connectivity index is 3.20. The second kappa shape index (κ2) is 7.09. The molecule has 0 atom stereocenters. The summed E-state index contributed by atoms with van der Waals surface area (Å²) in [6.07, 6.45) is 0.991. The minimum atomic E-state index is -0.404. The summed E-state index contributed by atoms with van der Waals surface area (Å²) in [4.78, 5) is 13.8. The van der Waals surface area contributed by atoms with E-state index in [1.165, 1.54) is 0 Å². The van der Waals surface area contributed by atoms with Crippen LogP contribution < -0.4 is 16.4 Å². The van der Waals surface area contributed by atoms with Gasteiger partial charge in [0, 0.05) is 17.6 Å². The number of benzene rings is 1. The third-order valence-electron chi connectivity index (χ3n) is 3.23. The predicted molar refractivity (Wildman–Crippen MR) is 88.0 cm³/mol. The molecule has 1 aromatic rings. The first-order chi connectivity index (χ1) is 9.30. The van der Waals surface area contributed by atoms with Crippen LogP contribution in [0.1, 0.15) is 37.6 Å². The predicted octanol–water partition coefficient (Wildman–Crippen LogP) is 2.75. The second-order valence-electron chi connectivity index (χ2n) is 5.82. The summed E-state index contributed by atoms with van der Waals surface area (Å²) in [5.41, 5.74) is 12.7. The molecule has 112 valence electrons. The van der Waals surface area contributed by atoms with E-state index in [4.69, 9.17) is 11.5 Å². The van der Waals surface area contributed by atoms with Gasteiger partial charge in [-0.25, -0.2) is 0 Å². The Bertz CT molecular complexity index is 474. The monoisotopic (exact) mass is 341 g/mol. The maximum atomic E-state index is 11.6. The number of amides is 1. The average Bonchev–Trinajstić information content (AvgIpc) is 2.37. The van der Waals surface area contributed by atoms with E-state index in [-0.39, 0.29) is 5.41 Å². The lowest BCUT2D eigenvalue weighted by Crippen LogP contribution is -2.40. The summed E-state index contributed by atoms with van der Waals surface area (Å²) < 4.78 is 0.934. The number of nitrogens with zero attached hydrogens (tertiary/aromatic N) is 1. The van der Waals surface area contributed by atoms with E-state index in [9.17, 15) is 4.79 Å². The Kier molecular flexibility index (Phi) is 6.02. The average molecular weight is 342 g/mol. The highest BCUT2D eigenvalue weighted by molar-refractivity contribution is 9.10. The van der Waals surface area contributed by atoms with Gasteiger partial charge in [0.25, 0.3) is 5.91 Å². The van der Waals surface area contributed by atoms with Gasteiger partial charge in [-0.2, -0.15) is 0 Å². The molecule has 0 aliphatic carbocycles. The van der Waals surface area contributed by atoms with Crippen molar-refractivity contribution in [2.24, 2.45) is 16.9 Å². The van der Waals surface area contributed by atoms with Gasteiger partial charge in [0.1, 0.15) is 0 Å². The van der Waals surface area contributed by atoms with Crippen LogP contribution in [-0.4, -0.2) is 25.5 Å². The van der Waals surface area contributed by atoms with Crippen molar-refractivity contribution in [2.45, 2.75) is 27.2 Å². The van der Waals surface area contributed by atoms with Crippen LogP contribution in [-0.2, 0) is 0 Å². The third-order valence-corrected chi connectivity index (χ3v) is 3.72. The highest BCUT2D eigenvalue weighted by Crippen LogP contribution is 2.28. The minimum absolute atomic E-state index is 0.0214. The standard InChI is InChI=1S/C15H24BrN3O/c1-4-7-19(10-15(2,3)9-17)13-8-11(16)5-6-12(13)14(18)20/h5-6,8H,4,7,9-10,17H2,1-3H3,(H2,18,20). The van der Waals surface area contributed by atoms with Crippen molar-refractivity contribution >= 4 is 27.5 Å². The van der Waals surface area contributed by atoms with Crippen molar-refractivity contribution in [2.75, 3.05) is 24.5 Å². The fourth-order valence-corrected chi connectivity index (χ4v) is 2.46. The number of carbonyl (C=O) groups is 1. The summed E-state index contributed by atoms with van der Waals surface area (Å²) in [6, 6.07) is 5.55. The van der Waals surface area contributed by atoms with Gasteiger partial charge in [-0.15, -0.1) is 0 Å². The fraction of sp³-hybridized carbons (Fsp3) is 0.533. The first-order valence-corrected chi connectivity index (χ1v) is 7.64. The number of carbonyl (C=O) groups excluding carboxylic acids is 1. The maximum Gasteiger partial charge on any atom is 0.250 e. The molecule has 0 bridgehead atoms. The van der Waals surface area contributed by atoms with Gasteiger partial charge < -0.3 is 16.4 Å². The van der Waals surface area contributed by atoms with E-state index in [1.807, 2.05) is 12.1 Å². The number of nitrogens with two attached hydrogens (primary N) is 2. The van der Waals surface area contributed by atoms with E-state index < -0.39 is 5.91 Å². The number of anilines is 1. The topological polar surface area (TPSA) is 72.3 Å². The number of hydrogen-bond donors (Lipinski definition) is 2. The van der Waals surface area contributed by atoms with Crippen LogP contribution in [0.5, 0.6) is 0 Å². The molecule has 0 spiro atoms. The zero-order chi connectivity index (χ0) is 15.3. The van der Waals surface area contributed by atoms with Crippen molar-refractivity contribution in [3.8, 4) is 0 Å². The van der Waals surface area contributed by atoms with E-state index in [2.05, 4.69) is 41.6 Å². The summed E-state index contributed by atoms with van der Waals surface area (Å²) >= 11 is 3.46. The van der Waals surface area contributed by atoms with Crippen molar-refractivity contribution in [1.82, 2.24) is 0 Å². The minimum Gasteiger partial charge on any atom is -0.370 e. The molecule has 1 aromatic carbocycles. The van der Waals surface area contributed by atoms with Gasteiger partial charge in [-0.05, 0) is 36.6 Å². The zero-order valence-electron chi connectivity index (χ0n) is 12.4. The van der Waals surface area contributed by atoms with Crippen molar-refractivity contribution in [1.29, 1.82) is 0 Å². The summed E-state index contributed by atoms with van der Waals surface area (Å²) in [7, 11) is 0. The summed E-state index contributed by atoms with van der Waals surface area (Å²) in [5.74, 6) is -0.404. The normalized spacial score (nSPS) is 11.4. The molecule has 1 amide bonds. The molecular formula is C15H24BrN3O. The highest BCUT2D eigenvalue weighted by Gasteiger charge is 2.23. The molecule has 0 saturated carbocycles. The molecule has 0 fully saturated rings. The molecule has 4 N–H and O–H groups in total. The number of primary amides is 1. The lowest BCUT2D eigenvalue weighted by Gasteiger charge is -2.34. The lowest BCUT2D eigenvalue weighted by atomic mass is 9.92. The molecular weight excluding hydrogens is 318 g/mol. The van der Waals surface area contributed by atoms with Crippen molar-refractivity contribution in [3.63, 3.8) is 0 Å². The fourth-order valence-electron chi connectivity index (χ4n) is 2.11. The van der Waals surface area contributed by atoms with Crippen molar-refractivity contribution < 1.29 is 4.79 Å². The highest BCUT2D eigenvalue weighted by atomic mass is 79.9. The van der Waals surface area contributed by atoms with Crippen LogP contribution in [0.2, 0.25) is 0 Å². The Morgan fingerprint density at radius 3 is 2.55 bits per heavy atom. The van der Waals surface area contributed by atoms with Gasteiger partial charge in [0.2, 0.25) is 0 Å². The first-order valence-electron chi connectivity index (χ1n) is 6.85. The van der Waals surface area contributed by atoms with Crippen LogP contribution in [0.4, 0.5) is 5.69 Å². The molecule has 0 aliphatic heterocycles. The van der Waals surface area contributed by atoms with E-state index in [1.54, 1.807) is 6.07 Å². The summed E-state index contributed by atoms with van der Waals surface area (Å²) in [5, 5.41) is 0. The van der Waals surface area contributed by atoms with Gasteiger partial charge in [-0.3, -0.25) is 4.79 Å². The van der Waals surface area contributed by atoms with Gasteiger partial charge >= 0.3 is 0 Å².